The standard InChI is InChI=1S/C8H7BrN2O4/c9-6-1-5(2-10-3-6)8(14)11-15-4-7(12)13/h1-3H,4H2,(H,11,14)(H,12,13). The second-order valence-corrected chi connectivity index (χ2v) is 3.42. The van der Waals surface area contributed by atoms with Gasteiger partial charge < -0.3 is 5.11 Å². The van der Waals surface area contributed by atoms with Crippen LogP contribution in [-0.4, -0.2) is 28.6 Å². The van der Waals surface area contributed by atoms with Crippen molar-refractivity contribution in [1.29, 1.82) is 0 Å². The number of hydrogen-bond donors (Lipinski definition) is 2. The van der Waals surface area contributed by atoms with Gasteiger partial charge in [0.2, 0.25) is 0 Å². The molecule has 1 amide bonds. The average Bonchev–Trinajstić information content (AvgIpc) is 2.17. The van der Waals surface area contributed by atoms with E-state index >= 15 is 0 Å². The van der Waals surface area contributed by atoms with Crippen LogP contribution in [0.3, 0.4) is 0 Å². The molecule has 0 saturated carbocycles. The summed E-state index contributed by atoms with van der Waals surface area (Å²) in [6.07, 6.45) is 2.86. The van der Waals surface area contributed by atoms with Gasteiger partial charge in [-0.05, 0) is 22.0 Å². The molecule has 1 rings (SSSR count). The van der Waals surface area contributed by atoms with E-state index in [9.17, 15) is 9.59 Å². The van der Waals surface area contributed by atoms with E-state index in [0.29, 0.717) is 4.47 Å². The van der Waals surface area contributed by atoms with Crippen molar-refractivity contribution in [2.75, 3.05) is 6.61 Å². The third-order valence-corrected chi connectivity index (χ3v) is 1.76. The van der Waals surface area contributed by atoms with Crippen molar-refractivity contribution < 1.29 is 19.5 Å². The maximum atomic E-state index is 11.3. The molecule has 0 spiro atoms. The molecule has 0 radical (unpaired) electrons. The van der Waals surface area contributed by atoms with E-state index in [1.807, 2.05) is 5.48 Å². The molecule has 80 valence electrons. The zero-order valence-electron chi connectivity index (χ0n) is 7.44. The van der Waals surface area contributed by atoms with Crippen molar-refractivity contribution in [2.24, 2.45) is 0 Å². The molecule has 6 nitrogen and oxygen atoms in total. The minimum Gasteiger partial charge on any atom is -0.479 e. The number of nitrogens with one attached hydrogen (secondary N) is 1. The molecule has 2 N–H and O–H groups in total. The normalized spacial score (nSPS) is 9.67. The number of halogens is 1. The largest absolute Gasteiger partial charge is 0.479 e. The first-order chi connectivity index (χ1) is 7.09. The number of carbonyl (C=O) groups is 2. The number of carboxylic acids is 1. The predicted molar refractivity (Wildman–Crippen MR) is 53.0 cm³/mol. The van der Waals surface area contributed by atoms with Gasteiger partial charge in [0, 0.05) is 16.9 Å². The van der Waals surface area contributed by atoms with Crippen LogP contribution in [0.1, 0.15) is 10.4 Å². The first-order valence-corrected chi connectivity index (χ1v) is 4.63. The molecule has 0 saturated heterocycles. The Labute approximate surface area is 93.3 Å². The lowest BCUT2D eigenvalue weighted by molar-refractivity contribution is -0.144. The molecule has 15 heavy (non-hydrogen) atoms. The number of nitrogens with zero attached hydrogens (tertiary/aromatic N) is 1. The highest BCUT2D eigenvalue weighted by Crippen LogP contribution is 2.09. The summed E-state index contributed by atoms with van der Waals surface area (Å²) in [4.78, 5) is 29.5. The molecule has 0 bridgehead atoms. The van der Waals surface area contributed by atoms with Crippen molar-refractivity contribution in [3.8, 4) is 0 Å². The summed E-state index contributed by atoms with van der Waals surface area (Å²) in [7, 11) is 0. The van der Waals surface area contributed by atoms with Crippen LogP contribution in [0.15, 0.2) is 22.9 Å². The lowest BCUT2D eigenvalue weighted by Gasteiger charge is -2.03. The summed E-state index contributed by atoms with van der Waals surface area (Å²) < 4.78 is 0.647. The fourth-order valence-electron chi connectivity index (χ4n) is 0.758. The SMILES string of the molecule is O=C(O)CONC(=O)c1cncc(Br)c1. The van der Waals surface area contributed by atoms with Gasteiger partial charge in [-0.3, -0.25) is 14.6 Å². The monoisotopic (exact) mass is 274 g/mol. The Kier molecular flexibility index (Phi) is 4.19. The number of hydrogen-bond acceptors (Lipinski definition) is 4. The van der Waals surface area contributed by atoms with Gasteiger partial charge >= 0.3 is 5.97 Å². The van der Waals surface area contributed by atoms with E-state index in [-0.39, 0.29) is 5.56 Å². The number of amides is 1. The van der Waals surface area contributed by atoms with Gasteiger partial charge in [-0.15, -0.1) is 0 Å². The molecule has 0 atom stereocenters. The quantitative estimate of drug-likeness (QED) is 0.785. The Hall–Kier alpha value is -1.47. The Morgan fingerprint density at radius 3 is 2.87 bits per heavy atom. The van der Waals surface area contributed by atoms with Crippen LogP contribution >= 0.6 is 15.9 Å². The van der Waals surface area contributed by atoms with Crippen LogP contribution < -0.4 is 5.48 Å². The highest BCUT2D eigenvalue weighted by atomic mass is 79.9. The number of rotatable bonds is 4. The number of carbonyl (C=O) groups excluding carboxylic acids is 1. The van der Waals surface area contributed by atoms with Crippen molar-refractivity contribution in [3.63, 3.8) is 0 Å². The molecule has 0 aliphatic rings. The van der Waals surface area contributed by atoms with E-state index in [1.54, 1.807) is 0 Å². The zero-order chi connectivity index (χ0) is 11.3. The van der Waals surface area contributed by atoms with Crippen LogP contribution in [-0.2, 0) is 9.63 Å². The van der Waals surface area contributed by atoms with Gasteiger partial charge in [0.1, 0.15) is 0 Å². The highest BCUT2D eigenvalue weighted by Gasteiger charge is 2.07. The van der Waals surface area contributed by atoms with Gasteiger partial charge in [-0.2, -0.15) is 0 Å². The predicted octanol–water partition coefficient (Wildman–Crippen LogP) is 0.590. The second kappa shape index (κ2) is 5.42. The summed E-state index contributed by atoms with van der Waals surface area (Å²) in [6, 6.07) is 1.53. The van der Waals surface area contributed by atoms with Crippen LogP contribution in [0.4, 0.5) is 0 Å². The van der Waals surface area contributed by atoms with E-state index in [0.717, 1.165) is 0 Å². The third kappa shape index (κ3) is 4.05. The summed E-state index contributed by atoms with van der Waals surface area (Å²) in [5.74, 6) is -1.72. The molecule has 0 unspecified atom stereocenters. The Morgan fingerprint density at radius 2 is 2.27 bits per heavy atom. The molecule has 1 heterocycles. The van der Waals surface area contributed by atoms with Gasteiger partial charge in [0.05, 0.1) is 5.56 Å². The summed E-state index contributed by atoms with van der Waals surface area (Å²) >= 11 is 3.14. The first-order valence-electron chi connectivity index (χ1n) is 3.84. The van der Waals surface area contributed by atoms with Gasteiger partial charge in [0.25, 0.3) is 5.91 Å². The lowest BCUT2D eigenvalue weighted by Crippen LogP contribution is -2.26. The number of aliphatic carboxylic acids is 1. The molecule has 0 aliphatic heterocycles. The lowest BCUT2D eigenvalue weighted by atomic mass is 10.3. The topological polar surface area (TPSA) is 88.5 Å². The average molecular weight is 275 g/mol. The smallest absolute Gasteiger partial charge is 0.332 e. The number of aromatic nitrogens is 1. The molecule has 0 fully saturated rings. The minimum atomic E-state index is -1.16. The molecule has 0 aliphatic carbocycles. The molecular formula is C8H7BrN2O4. The molecule has 0 aromatic carbocycles. The van der Waals surface area contributed by atoms with Crippen molar-refractivity contribution in [3.05, 3.63) is 28.5 Å². The van der Waals surface area contributed by atoms with Gasteiger partial charge in [-0.1, -0.05) is 0 Å². The van der Waals surface area contributed by atoms with E-state index in [1.165, 1.54) is 18.5 Å². The Balaban J connectivity index is 2.50. The summed E-state index contributed by atoms with van der Waals surface area (Å²) in [5.41, 5.74) is 2.25. The molecule has 7 heteroatoms. The summed E-state index contributed by atoms with van der Waals surface area (Å²) in [5, 5.41) is 8.24. The molecular weight excluding hydrogens is 268 g/mol. The van der Waals surface area contributed by atoms with Crippen LogP contribution in [0.5, 0.6) is 0 Å². The van der Waals surface area contributed by atoms with E-state index in [2.05, 4.69) is 25.8 Å². The molecule has 1 aromatic heterocycles. The minimum absolute atomic E-state index is 0.273. The Bertz CT molecular complexity index is 383. The van der Waals surface area contributed by atoms with Crippen molar-refractivity contribution >= 4 is 27.8 Å². The van der Waals surface area contributed by atoms with Gasteiger partial charge in [0.15, 0.2) is 6.61 Å². The highest BCUT2D eigenvalue weighted by molar-refractivity contribution is 9.10. The fraction of sp³-hybridized carbons (Fsp3) is 0.125. The number of carboxylic acid groups (broad SMARTS) is 1. The Morgan fingerprint density at radius 1 is 1.53 bits per heavy atom. The van der Waals surface area contributed by atoms with Crippen LogP contribution in [0.25, 0.3) is 0 Å². The fourth-order valence-corrected chi connectivity index (χ4v) is 1.12. The second-order valence-electron chi connectivity index (χ2n) is 2.51. The third-order valence-electron chi connectivity index (χ3n) is 1.33. The van der Waals surface area contributed by atoms with Crippen molar-refractivity contribution in [1.82, 2.24) is 10.5 Å². The van der Waals surface area contributed by atoms with Crippen LogP contribution in [0, 0.1) is 0 Å². The molecule has 1 aromatic rings. The van der Waals surface area contributed by atoms with E-state index in [4.69, 9.17) is 5.11 Å². The first kappa shape index (κ1) is 11.6. The van der Waals surface area contributed by atoms with Gasteiger partial charge in [-0.25, -0.2) is 10.3 Å². The maximum absolute atomic E-state index is 11.3. The van der Waals surface area contributed by atoms with E-state index < -0.39 is 18.5 Å². The zero-order valence-corrected chi connectivity index (χ0v) is 9.02. The van der Waals surface area contributed by atoms with Crippen LogP contribution in [0.2, 0.25) is 0 Å². The number of pyridine rings is 1. The number of hydroxylamine groups is 1. The maximum Gasteiger partial charge on any atom is 0.332 e. The van der Waals surface area contributed by atoms with Crippen molar-refractivity contribution in [2.45, 2.75) is 0 Å². The summed E-state index contributed by atoms with van der Waals surface area (Å²) in [6.45, 7) is -0.590.